The van der Waals surface area contributed by atoms with E-state index in [1.807, 2.05) is 0 Å². The van der Waals surface area contributed by atoms with Crippen molar-refractivity contribution in [2.75, 3.05) is 19.7 Å². The van der Waals surface area contributed by atoms with Crippen molar-refractivity contribution in [3.8, 4) is 5.75 Å². The molecule has 0 saturated heterocycles. The molecule has 2 amide bonds. The maximum Gasteiger partial charge on any atom is 0.287 e. The summed E-state index contributed by atoms with van der Waals surface area (Å²) in [4.78, 5) is 23.1. The van der Waals surface area contributed by atoms with Crippen LogP contribution < -0.4 is 15.4 Å². The van der Waals surface area contributed by atoms with Gasteiger partial charge in [-0.2, -0.15) is 0 Å². The van der Waals surface area contributed by atoms with Gasteiger partial charge in [0.15, 0.2) is 5.76 Å². The third-order valence-corrected chi connectivity index (χ3v) is 3.13. The lowest BCUT2D eigenvalue weighted by Crippen LogP contribution is -2.37. The molecule has 24 heavy (non-hydrogen) atoms. The maximum absolute atomic E-state index is 12.7. The molecule has 0 unspecified atom stereocenters. The Morgan fingerprint density at radius 3 is 2.58 bits per heavy atom. The normalized spacial score (nSPS) is 10.2. The number of hydrogen-bond acceptors (Lipinski definition) is 4. The van der Waals surface area contributed by atoms with Crippen molar-refractivity contribution < 1.29 is 23.1 Å². The zero-order valence-corrected chi connectivity index (χ0v) is 13.1. The Bertz CT molecular complexity index is 641. The number of benzene rings is 1. The lowest BCUT2D eigenvalue weighted by molar-refractivity contribution is -0.120. The second-order valence-electron chi connectivity index (χ2n) is 5.02. The summed E-state index contributed by atoms with van der Waals surface area (Å²) < 4.78 is 23.1. The van der Waals surface area contributed by atoms with E-state index in [1.54, 1.807) is 18.2 Å². The average molecular weight is 334 g/mol. The van der Waals surface area contributed by atoms with Crippen LogP contribution in [0.15, 0.2) is 47.1 Å². The first-order valence-corrected chi connectivity index (χ1v) is 7.62. The molecule has 0 bridgehead atoms. The minimum Gasteiger partial charge on any atom is -0.494 e. The van der Waals surface area contributed by atoms with Crippen LogP contribution >= 0.6 is 0 Å². The molecular weight excluding hydrogens is 315 g/mol. The Balaban J connectivity index is 1.50. The summed E-state index contributed by atoms with van der Waals surface area (Å²) in [7, 11) is 0. The summed E-state index contributed by atoms with van der Waals surface area (Å²) in [5, 5.41) is 5.16. The molecule has 0 aliphatic heterocycles. The topological polar surface area (TPSA) is 80.6 Å². The zero-order valence-electron chi connectivity index (χ0n) is 13.1. The molecule has 0 aliphatic rings. The van der Waals surface area contributed by atoms with Gasteiger partial charge in [-0.25, -0.2) is 4.39 Å². The smallest absolute Gasteiger partial charge is 0.287 e. The van der Waals surface area contributed by atoms with E-state index in [9.17, 15) is 14.0 Å². The van der Waals surface area contributed by atoms with E-state index in [0.29, 0.717) is 18.9 Å². The van der Waals surface area contributed by atoms with Gasteiger partial charge in [0.05, 0.1) is 19.4 Å². The van der Waals surface area contributed by atoms with Crippen molar-refractivity contribution in [3.05, 3.63) is 54.2 Å². The summed E-state index contributed by atoms with van der Waals surface area (Å²) in [5.41, 5.74) is 0. The Hall–Kier alpha value is -2.83. The van der Waals surface area contributed by atoms with Gasteiger partial charge in [-0.15, -0.1) is 0 Å². The van der Waals surface area contributed by atoms with E-state index in [4.69, 9.17) is 9.15 Å². The molecule has 1 aromatic carbocycles. The van der Waals surface area contributed by atoms with Crippen LogP contribution in [0.1, 0.15) is 23.4 Å². The van der Waals surface area contributed by atoms with E-state index >= 15 is 0 Å². The molecule has 2 N–H and O–H groups in total. The van der Waals surface area contributed by atoms with E-state index in [0.717, 1.165) is 12.8 Å². The van der Waals surface area contributed by atoms with E-state index < -0.39 is 5.91 Å². The molecule has 7 heteroatoms. The summed E-state index contributed by atoms with van der Waals surface area (Å²) in [6, 6.07) is 8.94. The minimum absolute atomic E-state index is 0.106. The molecule has 128 valence electrons. The second kappa shape index (κ2) is 9.34. The number of furan rings is 1. The van der Waals surface area contributed by atoms with Gasteiger partial charge in [0.25, 0.3) is 5.91 Å². The average Bonchev–Trinajstić information content (AvgIpc) is 3.12. The number of amides is 2. The number of carbonyl (C=O) groups is 2. The number of carbonyl (C=O) groups excluding carboxylic acids is 2. The van der Waals surface area contributed by atoms with Crippen molar-refractivity contribution in [1.29, 1.82) is 0 Å². The number of halogens is 1. The molecule has 0 atom stereocenters. The second-order valence-corrected chi connectivity index (χ2v) is 5.02. The fourth-order valence-electron chi connectivity index (χ4n) is 1.89. The summed E-state index contributed by atoms with van der Waals surface area (Å²) in [6.45, 7) is 0.866. The quantitative estimate of drug-likeness (QED) is 0.689. The zero-order chi connectivity index (χ0) is 17.2. The van der Waals surface area contributed by atoms with Crippen molar-refractivity contribution in [2.45, 2.75) is 12.8 Å². The summed E-state index contributed by atoms with van der Waals surface area (Å²) in [5.74, 6) is -0.219. The number of rotatable bonds is 9. The van der Waals surface area contributed by atoms with Gasteiger partial charge >= 0.3 is 0 Å². The van der Waals surface area contributed by atoms with Crippen molar-refractivity contribution in [2.24, 2.45) is 0 Å². The molecular formula is C17H19FN2O4. The van der Waals surface area contributed by atoms with Gasteiger partial charge in [0.1, 0.15) is 11.6 Å². The minimum atomic E-state index is -0.428. The predicted octanol–water partition coefficient (Wildman–Crippen LogP) is 2.12. The van der Waals surface area contributed by atoms with Gasteiger partial charge in [-0.05, 0) is 49.2 Å². The molecule has 0 fully saturated rings. The van der Waals surface area contributed by atoms with Gasteiger partial charge in [0, 0.05) is 6.54 Å². The summed E-state index contributed by atoms with van der Waals surface area (Å²) >= 11 is 0. The van der Waals surface area contributed by atoms with Crippen LogP contribution in [0.25, 0.3) is 0 Å². The van der Waals surface area contributed by atoms with E-state index in [2.05, 4.69) is 10.6 Å². The Morgan fingerprint density at radius 2 is 1.88 bits per heavy atom. The third-order valence-electron chi connectivity index (χ3n) is 3.13. The number of unbranched alkanes of at least 4 members (excludes halogenated alkanes) is 1. The first-order valence-electron chi connectivity index (χ1n) is 7.62. The fraction of sp³-hybridized carbons (Fsp3) is 0.294. The van der Waals surface area contributed by atoms with Crippen LogP contribution in [0.5, 0.6) is 5.75 Å². The van der Waals surface area contributed by atoms with Crippen molar-refractivity contribution >= 4 is 11.8 Å². The first-order chi connectivity index (χ1) is 11.6. The first kappa shape index (κ1) is 17.5. The lowest BCUT2D eigenvalue weighted by Gasteiger charge is -2.07. The molecule has 1 aromatic heterocycles. The third kappa shape index (κ3) is 6.12. The largest absolute Gasteiger partial charge is 0.494 e. The number of hydrogen-bond donors (Lipinski definition) is 2. The van der Waals surface area contributed by atoms with E-state index in [1.165, 1.54) is 24.5 Å². The number of nitrogens with one attached hydrogen (secondary N) is 2. The number of ether oxygens (including phenoxy) is 1. The standard InChI is InChI=1S/C17H19FN2O4/c18-13-5-7-14(8-6-13)23-10-2-1-9-19-16(21)12-20-17(22)15-4-3-11-24-15/h3-8,11H,1-2,9-10,12H2,(H,19,21)(H,20,22). The molecule has 0 saturated carbocycles. The van der Waals surface area contributed by atoms with Crippen molar-refractivity contribution in [3.63, 3.8) is 0 Å². The van der Waals surface area contributed by atoms with Gasteiger partial charge in [-0.3, -0.25) is 9.59 Å². The van der Waals surface area contributed by atoms with Crippen LogP contribution in [-0.2, 0) is 4.79 Å². The van der Waals surface area contributed by atoms with E-state index in [-0.39, 0.29) is 24.0 Å². The van der Waals surface area contributed by atoms with Crippen molar-refractivity contribution in [1.82, 2.24) is 10.6 Å². The molecule has 1 heterocycles. The Morgan fingerprint density at radius 1 is 1.08 bits per heavy atom. The highest BCUT2D eigenvalue weighted by atomic mass is 19.1. The molecule has 2 rings (SSSR count). The Labute approximate surface area is 139 Å². The predicted molar refractivity (Wildman–Crippen MR) is 85.2 cm³/mol. The van der Waals surface area contributed by atoms with Gasteiger partial charge in [-0.1, -0.05) is 0 Å². The van der Waals surface area contributed by atoms with Crippen LogP contribution in [0, 0.1) is 5.82 Å². The molecule has 2 aromatic rings. The summed E-state index contributed by atoms with van der Waals surface area (Å²) in [6.07, 6.45) is 2.87. The molecule has 6 nitrogen and oxygen atoms in total. The fourth-order valence-corrected chi connectivity index (χ4v) is 1.89. The van der Waals surface area contributed by atoms with Crippen LogP contribution in [-0.4, -0.2) is 31.5 Å². The maximum atomic E-state index is 12.7. The Kier molecular flexibility index (Phi) is 6.82. The lowest BCUT2D eigenvalue weighted by atomic mass is 10.3. The highest BCUT2D eigenvalue weighted by molar-refractivity contribution is 5.94. The highest BCUT2D eigenvalue weighted by Gasteiger charge is 2.09. The SMILES string of the molecule is O=C(CNC(=O)c1ccco1)NCCCCOc1ccc(F)cc1. The molecule has 0 spiro atoms. The highest BCUT2D eigenvalue weighted by Crippen LogP contribution is 2.11. The van der Waals surface area contributed by atoms with Gasteiger partial charge < -0.3 is 19.8 Å². The van der Waals surface area contributed by atoms with Crippen LogP contribution in [0.3, 0.4) is 0 Å². The van der Waals surface area contributed by atoms with Gasteiger partial charge in [0.2, 0.25) is 5.91 Å². The molecule has 0 aliphatic carbocycles. The van der Waals surface area contributed by atoms with Crippen LogP contribution in [0.2, 0.25) is 0 Å². The van der Waals surface area contributed by atoms with Crippen LogP contribution in [0.4, 0.5) is 4.39 Å². The monoisotopic (exact) mass is 334 g/mol. The molecule has 0 radical (unpaired) electrons.